The van der Waals surface area contributed by atoms with Crippen LogP contribution in [0.1, 0.15) is 107 Å². The number of aliphatic imine (C=N–C) groups is 3. The molecule has 2 aromatic rings. The van der Waals surface area contributed by atoms with Crippen LogP contribution in [0.15, 0.2) is 69.6 Å². The third-order valence-electron chi connectivity index (χ3n) is 18.1. The molecule has 4 heterocycles. The van der Waals surface area contributed by atoms with Gasteiger partial charge in [-0.3, -0.25) is 58.1 Å². The van der Waals surface area contributed by atoms with E-state index in [2.05, 4.69) is 41.6 Å². The maximum Gasteiger partial charge on any atom is 0.326 e. The van der Waals surface area contributed by atoms with Gasteiger partial charge in [0.1, 0.15) is 48.3 Å². The van der Waals surface area contributed by atoms with E-state index in [1.165, 1.54) is 14.7 Å². The van der Waals surface area contributed by atoms with E-state index in [0.29, 0.717) is 18.4 Å². The second-order valence-electron chi connectivity index (χ2n) is 24.8. The summed E-state index contributed by atoms with van der Waals surface area (Å²) >= 11 is 0. The zero-order valence-corrected chi connectivity index (χ0v) is 52.9. The molecule has 1 saturated carbocycles. The van der Waals surface area contributed by atoms with Gasteiger partial charge in [0.25, 0.3) is 0 Å². The van der Waals surface area contributed by atoms with E-state index >= 15 is 9.59 Å². The second kappa shape index (κ2) is 34.7. The number of nitrogens with two attached hydrogens (primary N) is 7. The molecule has 0 radical (unpaired) electrons. The molecule has 94 heavy (non-hydrogen) atoms. The van der Waals surface area contributed by atoms with Crippen LogP contribution in [0, 0.1) is 11.8 Å². The lowest BCUT2D eigenvalue weighted by Gasteiger charge is -2.48. The van der Waals surface area contributed by atoms with Gasteiger partial charge in [-0.25, -0.2) is 4.79 Å². The van der Waals surface area contributed by atoms with E-state index in [-0.39, 0.29) is 140 Å². The molecule has 0 spiro atoms. The summed E-state index contributed by atoms with van der Waals surface area (Å²) in [5.41, 5.74) is 41.0. The summed E-state index contributed by atoms with van der Waals surface area (Å²) in [6.45, 7) is -1.29. The van der Waals surface area contributed by atoms with E-state index < -0.39 is 133 Å². The van der Waals surface area contributed by atoms with Crippen LogP contribution in [0.3, 0.4) is 0 Å². The Balaban J connectivity index is 1.03. The van der Waals surface area contributed by atoms with Crippen molar-refractivity contribution in [1.29, 1.82) is 0 Å². The molecule has 4 fully saturated rings. The lowest BCUT2D eigenvalue weighted by Crippen LogP contribution is -2.65. The first kappa shape index (κ1) is 72.3. The monoisotopic (exact) mass is 1310 g/mol. The van der Waals surface area contributed by atoms with Gasteiger partial charge < -0.3 is 102 Å². The third kappa shape index (κ3) is 19.9. The molecule has 3 unspecified atom stereocenters. The lowest BCUT2D eigenvalue weighted by atomic mass is 9.72. The zero-order valence-electron chi connectivity index (χ0n) is 52.9. The number of nitrogens with zero attached hydrogens (tertiary/aromatic N) is 7. The predicted molar refractivity (Wildman–Crippen MR) is 344 cm³/mol. The molecule has 0 aromatic heterocycles. The Hall–Kier alpha value is -9.17. The highest BCUT2D eigenvalue weighted by Gasteiger charge is 2.49. The number of benzene rings is 2. The number of hydrogen-bond donors (Lipinski definition) is 15. The Labute approximate surface area is 545 Å². The number of carboxylic acids is 1. The van der Waals surface area contributed by atoms with Crippen LogP contribution in [-0.2, 0) is 67.3 Å². The number of fused-ring (bicyclic) bond motifs is 2. The van der Waals surface area contributed by atoms with Crippen molar-refractivity contribution in [2.24, 2.45) is 66.9 Å². The van der Waals surface area contributed by atoms with E-state index in [4.69, 9.17) is 40.1 Å². The number of rotatable bonds is 30. The minimum atomic E-state index is -1.64. The number of likely N-dealkylation sites (tertiary alicyclic amines) is 3. The summed E-state index contributed by atoms with van der Waals surface area (Å²) in [6, 6.07) is 4.45. The van der Waals surface area contributed by atoms with Crippen LogP contribution in [-0.4, -0.2) is 225 Å². The smallest absolute Gasteiger partial charge is 0.326 e. The molecule has 1 aliphatic carbocycles. The van der Waals surface area contributed by atoms with Crippen LogP contribution < -0.4 is 66.7 Å². The number of carbonyl (C=O) groups excluding carboxylic acids is 9. The van der Waals surface area contributed by atoms with Gasteiger partial charge in [-0.05, 0) is 92.7 Å². The van der Waals surface area contributed by atoms with Gasteiger partial charge in [-0.15, -0.1) is 0 Å². The van der Waals surface area contributed by atoms with Crippen molar-refractivity contribution in [3.63, 3.8) is 0 Å². The van der Waals surface area contributed by atoms with Crippen molar-refractivity contribution >= 4 is 77.0 Å². The van der Waals surface area contributed by atoms with Crippen LogP contribution in [0.25, 0.3) is 0 Å². The molecule has 4 aliphatic heterocycles. The van der Waals surface area contributed by atoms with Crippen LogP contribution in [0.2, 0.25) is 0 Å². The summed E-state index contributed by atoms with van der Waals surface area (Å²) in [5.74, 6) is -8.31. The number of carbonyl (C=O) groups is 10. The zero-order chi connectivity index (χ0) is 68.2. The fraction of sp³-hybridized carbons (Fsp3) is 0.597. The topological polar surface area (TPSA) is 524 Å². The van der Waals surface area contributed by atoms with Crippen molar-refractivity contribution in [2.45, 2.75) is 170 Å². The standard InChI is InChI=1S/C62H93N19O13/c63-41(18-8-22-70-60(64)65)51(85)75-42(19-9-23-71-61(66)67)55(89)78-25-11-21-46(78)57(91)81-33-40(83)29-48(81)53(87)73-30-50(84)74-44(26-35-12-2-1-3-13-35)52(86)77-45(34-82)56(90)80-32-39-17-7-5-15-37(39)28-49(80)58(92)79-31-38-16-6-4-14-36(38)27-47(79)54(88)76-43(59(93)94)20-10-24-72-62(68)69/h1-4,6,12-14,16,37,39-49,82-83H,5,7-11,15,17-34,63H2,(H,73,87)(H,74,84)(H,75,85)(H,76,88)(H,77,86)(H,93,94)(H4,64,65,70)(H4,66,67,71)(H4,68,69,72)/t37-,39+,40?,41+,42-,43-,44-,45-,46-,47?,48-,49?/m0/s1. The molecule has 0 bridgehead atoms. The highest BCUT2D eigenvalue weighted by atomic mass is 16.4. The van der Waals surface area contributed by atoms with Gasteiger partial charge in [-0.2, -0.15) is 0 Å². The number of carboxylic acid groups (broad SMARTS) is 1. The minimum absolute atomic E-state index is 0.0198. The molecule has 7 rings (SSSR count). The predicted octanol–water partition coefficient (Wildman–Crippen LogP) is -4.84. The summed E-state index contributed by atoms with van der Waals surface area (Å²) in [6.07, 6.45) is 3.71. The number of aliphatic carboxylic acids is 1. The van der Waals surface area contributed by atoms with E-state index in [1.54, 1.807) is 42.5 Å². The first-order valence-corrected chi connectivity index (χ1v) is 32.2. The van der Waals surface area contributed by atoms with Crippen molar-refractivity contribution < 1.29 is 63.3 Å². The average Bonchev–Trinajstić information content (AvgIpc) is 1.12. The number of aliphatic hydroxyl groups is 2. The van der Waals surface area contributed by atoms with Gasteiger partial charge in [0, 0.05) is 65.1 Å². The number of aliphatic hydroxyl groups excluding tert-OH is 2. The number of guanidine groups is 3. The highest BCUT2D eigenvalue weighted by Crippen LogP contribution is 2.40. The highest BCUT2D eigenvalue weighted by molar-refractivity contribution is 5.99. The maximum absolute atomic E-state index is 15.3. The van der Waals surface area contributed by atoms with E-state index in [1.807, 2.05) is 12.1 Å². The Morgan fingerprint density at radius 1 is 0.553 bits per heavy atom. The summed E-state index contributed by atoms with van der Waals surface area (Å²) in [7, 11) is 0. The number of β-amino-alcohol motifs (C(OH)–C–C–N with tert-alkyl or cyclic N) is 1. The van der Waals surface area contributed by atoms with Gasteiger partial charge >= 0.3 is 5.97 Å². The average molecular weight is 1310 g/mol. The Bertz CT molecular complexity index is 3110. The Kier molecular flexibility index (Phi) is 26.6. The largest absolute Gasteiger partial charge is 0.480 e. The van der Waals surface area contributed by atoms with Crippen molar-refractivity contribution in [1.82, 2.24) is 46.2 Å². The molecule has 2 aromatic carbocycles. The van der Waals surface area contributed by atoms with Gasteiger partial charge in [0.2, 0.25) is 53.2 Å². The van der Waals surface area contributed by atoms with Gasteiger partial charge in [-0.1, -0.05) is 73.9 Å². The van der Waals surface area contributed by atoms with Crippen molar-refractivity contribution in [2.75, 3.05) is 52.4 Å². The quantitative estimate of drug-likeness (QED) is 0.0198. The molecule has 12 atom stereocenters. The molecular formula is C62H93N19O13. The van der Waals surface area contributed by atoms with Crippen molar-refractivity contribution in [3.05, 3.63) is 71.3 Å². The molecule has 9 amide bonds. The first-order valence-electron chi connectivity index (χ1n) is 32.2. The first-order chi connectivity index (χ1) is 44.9. The summed E-state index contributed by atoms with van der Waals surface area (Å²) in [4.78, 5) is 159. The van der Waals surface area contributed by atoms with Crippen molar-refractivity contribution in [3.8, 4) is 0 Å². The number of piperidine rings is 1. The van der Waals surface area contributed by atoms with E-state index in [0.717, 1.165) is 41.7 Å². The fourth-order valence-electron chi connectivity index (χ4n) is 13.2. The maximum atomic E-state index is 15.3. The van der Waals surface area contributed by atoms with Gasteiger partial charge in [0.15, 0.2) is 17.9 Å². The number of hydrogen-bond acceptors (Lipinski definition) is 16. The van der Waals surface area contributed by atoms with Crippen LogP contribution in [0.5, 0.6) is 0 Å². The molecule has 514 valence electrons. The molecule has 5 aliphatic rings. The van der Waals surface area contributed by atoms with Crippen LogP contribution in [0.4, 0.5) is 0 Å². The fourth-order valence-corrected chi connectivity index (χ4v) is 13.2. The molecular weight excluding hydrogens is 1220 g/mol. The van der Waals surface area contributed by atoms with Gasteiger partial charge in [0.05, 0.1) is 25.3 Å². The number of nitrogens with one attached hydrogen (secondary N) is 5. The Morgan fingerprint density at radius 2 is 1.14 bits per heavy atom. The molecule has 3 saturated heterocycles. The summed E-state index contributed by atoms with van der Waals surface area (Å²) in [5, 5.41) is 45.2. The normalized spacial score (nSPS) is 22.3. The minimum Gasteiger partial charge on any atom is -0.480 e. The third-order valence-corrected chi connectivity index (χ3v) is 18.1. The molecule has 32 nitrogen and oxygen atoms in total. The summed E-state index contributed by atoms with van der Waals surface area (Å²) < 4.78 is 0. The second-order valence-corrected chi connectivity index (χ2v) is 24.8. The SMILES string of the molecule is NC(N)=NCCC[C@@H](N)C(=O)N[C@@H](CCCN=C(N)N)C(=O)N1CCC[C@H]1C(=O)N1CC(O)C[C@H]1C(=O)NCC(=O)N[C@@H](Cc1ccccc1)C(=O)N[C@@H](CO)C(=O)N1C[C@H]2CCCC[C@H]2CC1C(=O)N1Cc2ccccc2CC1C(=O)N[C@@H](CCCN=C(N)N)C(=O)O. The van der Waals surface area contributed by atoms with E-state index in [9.17, 15) is 53.7 Å². The molecule has 32 heteroatoms. The lowest BCUT2D eigenvalue weighted by molar-refractivity contribution is -0.157. The molecule has 22 N–H and O–H groups in total. The number of amides is 9. The Morgan fingerprint density at radius 3 is 1.78 bits per heavy atom. The van der Waals surface area contributed by atoms with Crippen LogP contribution >= 0.6 is 0 Å².